The molecule has 0 aromatic heterocycles. The summed E-state index contributed by atoms with van der Waals surface area (Å²) in [5.74, 6) is -1.04. The lowest BCUT2D eigenvalue weighted by molar-refractivity contribution is -0.151. The second kappa shape index (κ2) is 5.29. The van der Waals surface area contributed by atoms with Crippen LogP contribution in [0.2, 0.25) is 0 Å². The molecule has 0 aromatic rings. The van der Waals surface area contributed by atoms with E-state index in [1.165, 1.54) is 6.08 Å². The summed E-state index contributed by atoms with van der Waals surface area (Å²) in [4.78, 5) is 22.8. The summed E-state index contributed by atoms with van der Waals surface area (Å²) in [6.07, 6.45) is 3.80. The summed E-state index contributed by atoms with van der Waals surface area (Å²) in [7, 11) is 0. The Morgan fingerprint density at radius 1 is 1.64 bits per heavy atom. The minimum Gasteiger partial charge on any atom is -0.461 e. The van der Waals surface area contributed by atoms with Crippen molar-refractivity contribution in [3.8, 4) is 0 Å². The molecule has 2 atom stereocenters. The van der Waals surface area contributed by atoms with Gasteiger partial charge in [0.2, 0.25) is 0 Å². The lowest BCUT2D eigenvalue weighted by atomic mass is 9.88. The molecule has 14 heavy (non-hydrogen) atoms. The number of Topliss-reactive ketones (excluding diaryl/α,β-unsaturated/α-hetero) is 1. The summed E-state index contributed by atoms with van der Waals surface area (Å²) in [5.41, 5.74) is 0. The van der Waals surface area contributed by atoms with Gasteiger partial charge in [0.05, 0.1) is 4.83 Å². The molecule has 0 saturated heterocycles. The Labute approximate surface area is 91.6 Å². The number of alkyl halides is 1. The fraction of sp³-hybridized carbons (Fsp3) is 0.600. The van der Waals surface area contributed by atoms with Gasteiger partial charge in [0, 0.05) is 0 Å². The van der Waals surface area contributed by atoms with Crippen molar-refractivity contribution in [1.82, 2.24) is 0 Å². The van der Waals surface area contributed by atoms with Gasteiger partial charge in [0.15, 0.2) is 5.78 Å². The Hall–Kier alpha value is -0.640. The highest BCUT2D eigenvalue weighted by atomic mass is 79.9. The van der Waals surface area contributed by atoms with E-state index < -0.39 is 11.9 Å². The van der Waals surface area contributed by atoms with Gasteiger partial charge in [-0.2, -0.15) is 0 Å². The maximum Gasteiger partial charge on any atom is 0.316 e. The van der Waals surface area contributed by atoms with Crippen LogP contribution in [0.5, 0.6) is 0 Å². The van der Waals surface area contributed by atoms with E-state index in [0.29, 0.717) is 6.42 Å². The summed E-state index contributed by atoms with van der Waals surface area (Å²) in [6, 6.07) is 0. The number of hydrogen-bond acceptors (Lipinski definition) is 3. The number of carbonyl (C=O) groups is 2. The molecular formula is C10H13BrO3. The average Bonchev–Trinajstić information content (AvgIpc) is 2.18. The predicted molar refractivity (Wildman–Crippen MR) is 56.2 cm³/mol. The Bertz CT molecular complexity index is 250. The molecule has 78 valence electrons. The van der Waals surface area contributed by atoms with Gasteiger partial charge >= 0.3 is 5.97 Å². The molecule has 0 radical (unpaired) electrons. The van der Waals surface area contributed by atoms with Crippen molar-refractivity contribution in [1.29, 1.82) is 0 Å². The van der Waals surface area contributed by atoms with Gasteiger partial charge in [-0.05, 0) is 12.8 Å². The van der Waals surface area contributed by atoms with Gasteiger partial charge in [0.25, 0.3) is 0 Å². The minimum absolute atomic E-state index is 0.0506. The third-order valence-corrected chi connectivity index (χ3v) is 3.14. The molecule has 2 unspecified atom stereocenters. The molecular weight excluding hydrogens is 248 g/mol. The van der Waals surface area contributed by atoms with Crippen LogP contribution in [-0.2, 0) is 14.3 Å². The van der Waals surface area contributed by atoms with Crippen LogP contribution in [0.4, 0.5) is 0 Å². The second-order valence-corrected chi connectivity index (χ2v) is 4.38. The van der Waals surface area contributed by atoms with Gasteiger partial charge in [-0.1, -0.05) is 35.0 Å². The fourth-order valence-corrected chi connectivity index (χ4v) is 2.12. The molecule has 4 heteroatoms. The van der Waals surface area contributed by atoms with E-state index in [4.69, 9.17) is 4.74 Å². The zero-order valence-electron chi connectivity index (χ0n) is 7.87. The molecule has 3 nitrogen and oxygen atoms in total. The lowest BCUT2D eigenvalue weighted by Gasteiger charge is -2.22. The van der Waals surface area contributed by atoms with Crippen LogP contribution in [0.15, 0.2) is 12.7 Å². The largest absolute Gasteiger partial charge is 0.461 e. The van der Waals surface area contributed by atoms with Gasteiger partial charge in [-0.15, -0.1) is 0 Å². The van der Waals surface area contributed by atoms with Gasteiger partial charge in [-0.25, -0.2) is 0 Å². The van der Waals surface area contributed by atoms with E-state index in [-0.39, 0.29) is 17.2 Å². The topological polar surface area (TPSA) is 43.4 Å². The van der Waals surface area contributed by atoms with Crippen LogP contribution < -0.4 is 0 Å². The number of rotatable bonds is 3. The third kappa shape index (κ3) is 2.67. The first-order valence-electron chi connectivity index (χ1n) is 4.62. The standard InChI is InChI=1S/C10H13BrO3/c1-2-6-14-10(13)7-4-3-5-8(11)9(7)12/h2,7-8H,1,3-6H2. The predicted octanol–water partition coefficient (Wildman–Crippen LogP) is 1.85. The first-order valence-corrected chi connectivity index (χ1v) is 5.53. The summed E-state index contributed by atoms with van der Waals surface area (Å²) >= 11 is 3.25. The molecule has 1 rings (SSSR count). The van der Waals surface area contributed by atoms with E-state index in [9.17, 15) is 9.59 Å². The van der Waals surface area contributed by atoms with Crippen LogP contribution in [-0.4, -0.2) is 23.2 Å². The van der Waals surface area contributed by atoms with Crippen molar-refractivity contribution in [3.05, 3.63) is 12.7 Å². The van der Waals surface area contributed by atoms with E-state index in [2.05, 4.69) is 22.5 Å². The molecule has 0 aliphatic heterocycles. The number of ketones is 1. The molecule has 1 aliphatic carbocycles. The zero-order chi connectivity index (χ0) is 10.6. The Morgan fingerprint density at radius 3 is 3.00 bits per heavy atom. The van der Waals surface area contributed by atoms with Crippen LogP contribution in [0.3, 0.4) is 0 Å². The van der Waals surface area contributed by atoms with Crippen molar-refractivity contribution < 1.29 is 14.3 Å². The molecule has 1 saturated carbocycles. The molecule has 0 spiro atoms. The molecule has 1 fully saturated rings. The average molecular weight is 261 g/mol. The number of hydrogen-bond donors (Lipinski definition) is 0. The van der Waals surface area contributed by atoms with Crippen molar-refractivity contribution in [2.24, 2.45) is 5.92 Å². The van der Waals surface area contributed by atoms with Gasteiger partial charge in [-0.3, -0.25) is 9.59 Å². The summed E-state index contributed by atoms with van der Waals surface area (Å²) in [6.45, 7) is 3.62. The van der Waals surface area contributed by atoms with Gasteiger partial charge in [0.1, 0.15) is 12.5 Å². The quantitative estimate of drug-likeness (QED) is 0.337. The number of carbonyl (C=O) groups excluding carboxylic acids is 2. The Kier molecular flexibility index (Phi) is 4.32. The van der Waals surface area contributed by atoms with Crippen molar-refractivity contribution >= 4 is 27.7 Å². The minimum atomic E-state index is -0.576. The van der Waals surface area contributed by atoms with Crippen LogP contribution in [0, 0.1) is 5.92 Å². The number of esters is 1. The number of halogens is 1. The first kappa shape index (κ1) is 11.4. The van der Waals surface area contributed by atoms with Crippen molar-refractivity contribution in [3.63, 3.8) is 0 Å². The Balaban J connectivity index is 2.53. The van der Waals surface area contributed by atoms with Gasteiger partial charge < -0.3 is 4.74 Å². The van der Waals surface area contributed by atoms with E-state index in [0.717, 1.165) is 12.8 Å². The highest BCUT2D eigenvalue weighted by Gasteiger charge is 2.35. The number of ether oxygens (including phenoxy) is 1. The zero-order valence-corrected chi connectivity index (χ0v) is 9.46. The van der Waals surface area contributed by atoms with Crippen LogP contribution in [0.1, 0.15) is 19.3 Å². The SMILES string of the molecule is C=CCOC(=O)C1CCCC(Br)C1=O. The fourth-order valence-electron chi connectivity index (χ4n) is 1.48. The highest BCUT2D eigenvalue weighted by molar-refractivity contribution is 9.10. The molecule has 0 heterocycles. The third-order valence-electron chi connectivity index (χ3n) is 2.23. The van der Waals surface area contributed by atoms with Crippen LogP contribution >= 0.6 is 15.9 Å². The van der Waals surface area contributed by atoms with E-state index in [1.807, 2.05) is 0 Å². The van der Waals surface area contributed by atoms with Crippen molar-refractivity contribution in [2.45, 2.75) is 24.1 Å². The molecule has 0 N–H and O–H groups in total. The molecule has 0 amide bonds. The molecule has 1 aliphatic rings. The molecule has 0 bridgehead atoms. The monoisotopic (exact) mass is 260 g/mol. The van der Waals surface area contributed by atoms with E-state index >= 15 is 0 Å². The summed E-state index contributed by atoms with van der Waals surface area (Å²) < 4.78 is 4.85. The maximum absolute atomic E-state index is 11.6. The Morgan fingerprint density at radius 2 is 2.36 bits per heavy atom. The van der Waals surface area contributed by atoms with E-state index in [1.54, 1.807) is 0 Å². The lowest BCUT2D eigenvalue weighted by Crippen LogP contribution is -2.35. The molecule has 0 aromatic carbocycles. The smallest absolute Gasteiger partial charge is 0.316 e. The van der Waals surface area contributed by atoms with Crippen molar-refractivity contribution in [2.75, 3.05) is 6.61 Å². The summed E-state index contributed by atoms with van der Waals surface area (Å²) in [5, 5.41) is 0. The normalized spacial score (nSPS) is 27.1. The second-order valence-electron chi connectivity index (χ2n) is 3.27. The maximum atomic E-state index is 11.6. The van der Waals surface area contributed by atoms with Crippen LogP contribution in [0.25, 0.3) is 0 Å². The first-order chi connectivity index (χ1) is 6.66. The highest BCUT2D eigenvalue weighted by Crippen LogP contribution is 2.26.